The Balaban J connectivity index is 2.20. The smallest absolute Gasteiger partial charge is 0.117 e. The standard InChI is InChI=1S/C13H13ClN2O/c14-12-5-9(17)4-10-11(7-16-13(10)12)8-2-1-3-15-6-8/h2,4-5,7,15-17H,1,3,6H2. The summed E-state index contributed by atoms with van der Waals surface area (Å²) in [6.07, 6.45) is 5.22. The molecule has 3 N–H and O–H groups in total. The topological polar surface area (TPSA) is 48.0 Å². The highest BCUT2D eigenvalue weighted by Crippen LogP contribution is 2.33. The van der Waals surface area contributed by atoms with Crippen molar-refractivity contribution in [1.29, 1.82) is 0 Å². The molecule has 3 nitrogen and oxygen atoms in total. The third-order valence-electron chi connectivity index (χ3n) is 3.10. The second-order valence-corrected chi connectivity index (χ2v) is 4.65. The molecule has 88 valence electrons. The van der Waals surface area contributed by atoms with Gasteiger partial charge in [0.25, 0.3) is 0 Å². The van der Waals surface area contributed by atoms with Crippen molar-refractivity contribution in [1.82, 2.24) is 10.3 Å². The molecule has 0 radical (unpaired) electrons. The van der Waals surface area contributed by atoms with Gasteiger partial charge in [0.1, 0.15) is 5.75 Å². The number of phenolic OH excluding ortho intramolecular Hbond substituents is 1. The fourth-order valence-electron chi connectivity index (χ4n) is 2.29. The van der Waals surface area contributed by atoms with Crippen molar-refractivity contribution in [3.63, 3.8) is 0 Å². The summed E-state index contributed by atoms with van der Waals surface area (Å²) in [5, 5.41) is 14.5. The molecule has 0 atom stereocenters. The Bertz CT molecular complexity index is 601. The fraction of sp³-hybridized carbons (Fsp3) is 0.231. The van der Waals surface area contributed by atoms with E-state index in [1.807, 2.05) is 6.20 Å². The average Bonchev–Trinajstić information content (AvgIpc) is 2.74. The van der Waals surface area contributed by atoms with Crippen LogP contribution in [-0.4, -0.2) is 23.2 Å². The predicted molar refractivity (Wildman–Crippen MR) is 70.4 cm³/mol. The summed E-state index contributed by atoms with van der Waals surface area (Å²) in [5.41, 5.74) is 3.25. The molecular formula is C13H13ClN2O. The molecule has 0 aliphatic carbocycles. The number of H-pyrrole nitrogens is 1. The Morgan fingerprint density at radius 2 is 2.18 bits per heavy atom. The van der Waals surface area contributed by atoms with Crippen LogP contribution in [0.2, 0.25) is 5.02 Å². The van der Waals surface area contributed by atoms with E-state index in [1.54, 1.807) is 12.1 Å². The van der Waals surface area contributed by atoms with Gasteiger partial charge in [-0.15, -0.1) is 0 Å². The number of hydrogen-bond donors (Lipinski definition) is 3. The lowest BCUT2D eigenvalue weighted by Crippen LogP contribution is -2.21. The van der Waals surface area contributed by atoms with Gasteiger partial charge < -0.3 is 15.4 Å². The van der Waals surface area contributed by atoms with Gasteiger partial charge in [-0.1, -0.05) is 17.7 Å². The van der Waals surface area contributed by atoms with Crippen molar-refractivity contribution in [2.45, 2.75) is 6.42 Å². The summed E-state index contributed by atoms with van der Waals surface area (Å²) >= 11 is 6.09. The Kier molecular flexibility index (Phi) is 2.57. The number of phenols is 1. The number of fused-ring (bicyclic) bond motifs is 1. The Hall–Kier alpha value is -1.45. The van der Waals surface area contributed by atoms with E-state index in [0.29, 0.717) is 5.02 Å². The second-order valence-electron chi connectivity index (χ2n) is 4.25. The maximum Gasteiger partial charge on any atom is 0.117 e. The quantitative estimate of drug-likeness (QED) is 0.727. The lowest BCUT2D eigenvalue weighted by Gasteiger charge is -2.13. The molecule has 0 bridgehead atoms. The predicted octanol–water partition coefficient (Wildman–Crippen LogP) is 2.90. The lowest BCUT2D eigenvalue weighted by atomic mass is 10.0. The van der Waals surface area contributed by atoms with Gasteiger partial charge in [0.15, 0.2) is 0 Å². The van der Waals surface area contributed by atoms with E-state index in [2.05, 4.69) is 16.4 Å². The minimum absolute atomic E-state index is 0.202. The summed E-state index contributed by atoms with van der Waals surface area (Å²) in [6.45, 7) is 1.89. The van der Waals surface area contributed by atoms with Gasteiger partial charge >= 0.3 is 0 Å². The van der Waals surface area contributed by atoms with Crippen molar-refractivity contribution in [2.24, 2.45) is 0 Å². The molecule has 0 fully saturated rings. The third-order valence-corrected chi connectivity index (χ3v) is 3.40. The van der Waals surface area contributed by atoms with Crippen LogP contribution in [0.4, 0.5) is 0 Å². The van der Waals surface area contributed by atoms with Gasteiger partial charge in [0.2, 0.25) is 0 Å². The molecular weight excluding hydrogens is 236 g/mol. The molecule has 0 spiro atoms. The van der Waals surface area contributed by atoms with Crippen molar-refractivity contribution in [3.05, 3.63) is 35.0 Å². The van der Waals surface area contributed by atoms with E-state index in [0.717, 1.165) is 36.0 Å². The molecule has 0 saturated heterocycles. The molecule has 0 amide bonds. The van der Waals surface area contributed by atoms with Crippen LogP contribution in [0.1, 0.15) is 12.0 Å². The molecule has 1 aliphatic rings. The maximum atomic E-state index is 9.62. The van der Waals surface area contributed by atoms with Crippen LogP contribution >= 0.6 is 11.6 Å². The van der Waals surface area contributed by atoms with Gasteiger partial charge in [0.05, 0.1) is 10.5 Å². The molecule has 1 aromatic carbocycles. The molecule has 2 heterocycles. The number of benzene rings is 1. The van der Waals surface area contributed by atoms with Gasteiger partial charge in [-0.25, -0.2) is 0 Å². The summed E-state index contributed by atoms with van der Waals surface area (Å²) in [4.78, 5) is 3.17. The molecule has 2 aromatic rings. The molecule has 4 heteroatoms. The van der Waals surface area contributed by atoms with Crippen LogP contribution in [0.15, 0.2) is 24.4 Å². The Morgan fingerprint density at radius 3 is 2.94 bits per heavy atom. The van der Waals surface area contributed by atoms with Gasteiger partial charge in [-0.2, -0.15) is 0 Å². The first-order valence-electron chi connectivity index (χ1n) is 5.65. The molecule has 1 aromatic heterocycles. The molecule has 0 saturated carbocycles. The highest BCUT2D eigenvalue weighted by atomic mass is 35.5. The first-order valence-corrected chi connectivity index (χ1v) is 6.03. The zero-order valence-corrected chi connectivity index (χ0v) is 10.0. The van der Waals surface area contributed by atoms with E-state index in [4.69, 9.17) is 11.6 Å². The Morgan fingerprint density at radius 1 is 1.29 bits per heavy atom. The van der Waals surface area contributed by atoms with Crippen molar-refractivity contribution < 1.29 is 5.11 Å². The SMILES string of the molecule is Oc1cc(Cl)c2[nH]cc(C3=CCCNC3)c2c1. The number of aromatic amines is 1. The first kappa shape index (κ1) is 10.7. The second kappa shape index (κ2) is 4.09. The van der Waals surface area contributed by atoms with Crippen LogP contribution in [0.3, 0.4) is 0 Å². The molecule has 3 rings (SSSR count). The summed E-state index contributed by atoms with van der Waals surface area (Å²) in [7, 11) is 0. The summed E-state index contributed by atoms with van der Waals surface area (Å²) < 4.78 is 0. The zero-order valence-electron chi connectivity index (χ0n) is 9.26. The first-order chi connectivity index (χ1) is 8.25. The third kappa shape index (κ3) is 1.81. The lowest BCUT2D eigenvalue weighted by molar-refractivity contribution is 0.476. The number of rotatable bonds is 1. The minimum Gasteiger partial charge on any atom is -0.508 e. The Labute approximate surface area is 104 Å². The van der Waals surface area contributed by atoms with Gasteiger partial charge in [-0.3, -0.25) is 0 Å². The van der Waals surface area contributed by atoms with Gasteiger partial charge in [0, 0.05) is 29.8 Å². The number of aromatic nitrogens is 1. The maximum absolute atomic E-state index is 9.62. The summed E-state index contributed by atoms with van der Waals surface area (Å²) in [5.74, 6) is 0.202. The van der Waals surface area contributed by atoms with Crippen LogP contribution < -0.4 is 5.32 Å². The average molecular weight is 249 g/mol. The minimum atomic E-state index is 0.202. The van der Waals surface area contributed by atoms with E-state index in [1.165, 1.54) is 5.57 Å². The van der Waals surface area contributed by atoms with Crippen molar-refractivity contribution in [2.75, 3.05) is 13.1 Å². The largest absolute Gasteiger partial charge is 0.508 e. The van der Waals surface area contributed by atoms with Gasteiger partial charge in [-0.05, 0) is 24.6 Å². The normalized spacial score (nSPS) is 16.2. The van der Waals surface area contributed by atoms with E-state index in [-0.39, 0.29) is 5.75 Å². The van der Waals surface area contributed by atoms with E-state index < -0.39 is 0 Å². The summed E-state index contributed by atoms with van der Waals surface area (Å²) in [6, 6.07) is 3.31. The van der Waals surface area contributed by atoms with E-state index in [9.17, 15) is 5.11 Å². The van der Waals surface area contributed by atoms with Crippen molar-refractivity contribution >= 4 is 28.1 Å². The molecule has 17 heavy (non-hydrogen) atoms. The molecule has 0 unspecified atom stereocenters. The van der Waals surface area contributed by atoms with Crippen LogP contribution in [-0.2, 0) is 0 Å². The number of hydrogen-bond acceptors (Lipinski definition) is 2. The van der Waals surface area contributed by atoms with Crippen molar-refractivity contribution in [3.8, 4) is 5.75 Å². The number of nitrogens with one attached hydrogen (secondary N) is 2. The fourth-order valence-corrected chi connectivity index (χ4v) is 2.56. The van der Waals surface area contributed by atoms with Crippen LogP contribution in [0.25, 0.3) is 16.5 Å². The van der Waals surface area contributed by atoms with Crippen LogP contribution in [0.5, 0.6) is 5.75 Å². The number of aromatic hydroxyl groups is 1. The number of halogens is 1. The van der Waals surface area contributed by atoms with Crippen LogP contribution in [0, 0.1) is 0 Å². The highest BCUT2D eigenvalue weighted by molar-refractivity contribution is 6.35. The van der Waals surface area contributed by atoms with E-state index >= 15 is 0 Å². The monoisotopic (exact) mass is 248 g/mol. The molecule has 1 aliphatic heterocycles. The highest BCUT2D eigenvalue weighted by Gasteiger charge is 2.13. The zero-order chi connectivity index (χ0) is 11.8.